The average molecular weight is 357 g/mol. The molecular formula is C19H23N3O4. The second kappa shape index (κ2) is 8.60. The van der Waals surface area contributed by atoms with Crippen LogP contribution in [-0.4, -0.2) is 40.0 Å². The third-order valence-corrected chi connectivity index (χ3v) is 4.44. The van der Waals surface area contributed by atoms with Gasteiger partial charge in [0.15, 0.2) is 6.61 Å². The van der Waals surface area contributed by atoms with E-state index in [2.05, 4.69) is 17.1 Å². The summed E-state index contributed by atoms with van der Waals surface area (Å²) in [4.78, 5) is 29.7. The fourth-order valence-electron chi connectivity index (χ4n) is 2.87. The SMILES string of the molecule is CCc1ccc(-c2noc(COC(=O)CN3CCCCCC3=O)n2)cc1. The van der Waals surface area contributed by atoms with Gasteiger partial charge in [-0.05, 0) is 24.8 Å². The molecule has 2 aromatic rings. The summed E-state index contributed by atoms with van der Waals surface area (Å²) in [5.41, 5.74) is 2.08. The van der Waals surface area contributed by atoms with Crippen molar-refractivity contribution in [2.75, 3.05) is 13.1 Å². The molecule has 0 bridgehead atoms. The summed E-state index contributed by atoms with van der Waals surface area (Å²) in [6.45, 7) is 2.57. The van der Waals surface area contributed by atoms with E-state index in [9.17, 15) is 9.59 Å². The van der Waals surface area contributed by atoms with E-state index in [1.807, 2.05) is 24.3 Å². The molecule has 1 amide bonds. The maximum Gasteiger partial charge on any atom is 0.326 e. The van der Waals surface area contributed by atoms with Crippen LogP contribution < -0.4 is 0 Å². The Morgan fingerprint density at radius 3 is 2.81 bits per heavy atom. The molecule has 7 heteroatoms. The molecule has 0 saturated carbocycles. The molecule has 26 heavy (non-hydrogen) atoms. The number of aromatic nitrogens is 2. The molecule has 0 unspecified atom stereocenters. The normalized spacial score (nSPS) is 15.0. The van der Waals surface area contributed by atoms with E-state index in [0.717, 1.165) is 31.2 Å². The van der Waals surface area contributed by atoms with Gasteiger partial charge in [0.05, 0.1) is 0 Å². The highest BCUT2D eigenvalue weighted by Crippen LogP contribution is 2.17. The van der Waals surface area contributed by atoms with E-state index < -0.39 is 5.97 Å². The van der Waals surface area contributed by atoms with Crippen LogP contribution in [0, 0.1) is 0 Å². The highest BCUT2D eigenvalue weighted by atomic mass is 16.6. The summed E-state index contributed by atoms with van der Waals surface area (Å²) in [5, 5.41) is 3.92. The lowest BCUT2D eigenvalue weighted by atomic mass is 10.1. The van der Waals surface area contributed by atoms with Crippen molar-refractivity contribution < 1.29 is 18.8 Å². The van der Waals surface area contributed by atoms with Gasteiger partial charge < -0.3 is 14.2 Å². The Hall–Kier alpha value is -2.70. The minimum Gasteiger partial charge on any atom is -0.454 e. The number of carbonyl (C=O) groups excluding carboxylic acids is 2. The highest BCUT2D eigenvalue weighted by molar-refractivity contribution is 5.82. The number of ether oxygens (including phenoxy) is 1. The first-order chi connectivity index (χ1) is 12.7. The minimum atomic E-state index is -0.465. The molecule has 2 heterocycles. The van der Waals surface area contributed by atoms with Crippen molar-refractivity contribution in [3.05, 3.63) is 35.7 Å². The van der Waals surface area contributed by atoms with Crippen LogP contribution in [0.15, 0.2) is 28.8 Å². The lowest BCUT2D eigenvalue weighted by Crippen LogP contribution is -2.35. The number of likely N-dealkylation sites (tertiary alicyclic amines) is 1. The van der Waals surface area contributed by atoms with Gasteiger partial charge >= 0.3 is 5.97 Å². The molecule has 0 radical (unpaired) electrons. The summed E-state index contributed by atoms with van der Waals surface area (Å²) < 4.78 is 10.3. The number of aryl methyl sites for hydroxylation is 1. The van der Waals surface area contributed by atoms with E-state index in [1.54, 1.807) is 4.90 Å². The highest BCUT2D eigenvalue weighted by Gasteiger charge is 2.20. The molecule has 0 aliphatic carbocycles. The number of hydrogen-bond donors (Lipinski definition) is 0. The van der Waals surface area contributed by atoms with Crippen LogP contribution in [0.1, 0.15) is 44.1 Å². The van der Waals surface area contributed by atoms with Crippen LogP contribution in [0.4, 0.5) is 0 Å². The van der Waals surface area contributed by atoms with E-state index in [0.29, 0.717) is 18.8 Å². The van der Waals surface area contributed by atoms with Crippen LogP contribution in [0.2, 0.25) is 0 Å². The van der Waals surface area contributed by atoms with Crippen LogP contribution in [0.5, 0.6) is 0 Å². The molecule has 0 N–H and O–H groups in total. The molecule has 1 saturated heterocycles. The monoisotopic (exact) mass is 357 g/mol. The van der Waals surface area contributed by atoms with Crippen molar-refractivity contribution in [1.82, 2.24) is 15.0 Å². The summed E-state index contributed by atoms with van der Waals surface area (Å²) in [5.74, 6) is 0.235. The standard InChI is InChI=1S/C19H23N3O4/c1-2-14-7-9-15(10-8-14)19-20-16(26-21-19)13-25-18(24)12-22-11-5-3-4-6-17(22)23/h7-10H,2-6,11-13H2,1H3. The van der Waals surface area contributed by atoms with Crippen molar-refractivity contribution in [3.63, 3.8) is 0 Å². The van der Waals surface area contributed by atoms with Crippen molar-refractivity contribution in [3.8, 4) is 11.4 Å². The van der Waals surface area contributed by atoms with Crippen molar-refractivity contribution in [1.29, 1.82) is 0 Å². The van der Waals surface area contributed by atoms with Gasteiger partial charge in [0.1, 0.15) is 6.54 Å². The van der Waals surface area contributed by atoms with E-state index in [1.165, 1.54) is 5.56 Å². The first kappa shape index (κ1) is 18.1. The van der Waals surface area contributed by atoms with Crippen LogP contribution in [0.25, 0.3) is 11.4 Å². The molecule has 7 nitrogen and oxygen atoms in total. The molecule has 0 spiro atoms. The predicted octanol–water partition coefficient (Wildman–Crippen LogP) is 2.74. The quantitative estimate of drug-likeness (QED) is 0.739. The molecule has 3 rings (SSSR count). The lowest BCUT2D eigenvalue weighted by molar-refractivity contribution is -0.150. The largest absolute Gasteiger partial charge is 0.454 e. The summed E-state index contributed by atoms with van der Waals surface area (Å²) in [7, 11) is 0. The zero-order valence-electron chi connectivity index (χ0n) is 14.9. The number of carbonyl (C=O) groups is 2. The molecule has 0 atom stereocenters. The van der Waals surface area contributed by atoms with Gasteiger partial charge in [-0.1, -0.05) is 42.8 Å². The van der Waals surface area contributed by atoms with Gasteiger partial charge in [0.25, 0.3) is 5.89 Å². The van der Waals surface area contributed by atoms with E-state index in [4.69, 9.17) is 9.26 Å². The van der Waals surface area contributed by atoms with Gasteiger partial charge in [-0.3, -0.25) is 9.59 Å². The number of hydrogen-bond acceptors (Lipinski definition) is 6. The van der Waals surface area contributed by atoms with Crippen molar-refractivity contribution >= 4 is 11.9 Å². The smallest absolute Gasteiger partial charge is 0.326 e. The van der Waals surface area contributed by atoms with Crippen LogP contribution >= 0.6 is 0 Å². The van der Waals surface area contributed by atoms with Gasteiger partial charge in [-0.15, -0.1) is 0 Å². The maximum atomic E-state index is 12.0. The maximum absolute atomic E-state index is 12.0. The predicted molar refractivity (Wildman–Crippen MR) is 94.0 cm³/mol. The third kappa shape index (κ3) is 4.68. The summed E-state index contributed by atoms with van der Waals surface area (Å²) in [6, 6.07) is 7.90. The Labute approximate surface area is 152 Å². The lowest BCUT2D eigenvalue weighted by Gasteiger charge is -2.18. The zero-order chi connectivity index (χ0) is 18.4. The Morgan fingerprint density at radius 2 is 2.04 bits per heavy atom. The van der Waals surface area contributed by atoms with Gasteiger partial charge in [-0.25, -0.2) is 0 Å². The molecule has 1 aromatic heterocycles. The van der Waals surface area contributed by atoms with Gasteiger partial charge in [0, 0.05) is 18.5 Å². The zero-order valence-corrected chi connectivity index (χ0v) is 14.9. The number of amides is 1. The molecular weight excluding hydrogens is 334 g/mol. The summed E-state index contributed by atoms with van der Waals surface area (Å²) in [6.07, 6.45) is 4.28. The molecule has 138 valence electrons. The van der Waals surface area contributed by atoms with Crippen molar-refractivity contribution in [2.24, 2.45) is 0 Å². The number of rotatable bonds is 6. The molecule has 1 aromatic carbocycles. The van der Waals surface area contributed by atoms with Gasteiger partial charge in [0.2, 0.25) is 11.7 Å². The number of nitrogens with zero attached hydrogens (tertiary/aromatic N) is 3. The molecule has 1 fully saturated rings. The Morgan fingerprint density at radius 1 is 1.23 bits per heavy atom. The third-order valence-electron chi connectivity index (χ3n) is 4.44. The van der Waals surface area contributed by atoms with Crippen molar-refractivity contribution in [2.45, 2.75) is 45.6 Å². The van der Waals surface area contributed by atoms with Crippen LogP contribution in [0.3, 0.4) is 0 Å². The minimum absolute atomic E-state index is 0.00931. The van der Waals surface area contributed by atoms with E-state index in [-0.39, 0.29) is 24.9 Å². The molecule has 1 aliphatic rings. The van der Waals surface area contributed by atoms with Crippen LogP contribution in [-0.2, 0) is 27.4 Å². The van der Waals surface area contributed by atoms with Gasteiger partial charge in [-0.2, -0.15) is 4.98 Å². The number of benzene rings is 1. The van der Waals surface area contributed by atoms with E-state index >= 15 is 0 Å². The summed E-state index contributed by atoms with van der Waals surface area (Å²) >= 11 is 0. The Balaban J connectivity index is 1.52. The first-order valence-electron chi connectivity index (χ1n) is 9.01. The fourth-order valence-corrected chi connectivity index (χ4v) is 2.87. The fraction of sp³-hybridized carbons (Fsp3) is 0.474. The second-order valence-electron chi connectivity index (χ2n) is 6.35. The second-order valence-corrected chi connectivity index (χ2v) is 6.35. The Kier molecular flexibility index (Phi) is 5.99. The first-order valence-corrected chi connectivity index (χ1v) is 9.01. The number of esters is 1. The topological polar surface area (TPSA) is 85.5 Å². The molecule has 1 aliphatic heterocycles. The Bertz CT molecular complexity index is 754. The average Bonchev–Trinajstić information content (AvgIpc) is 3.05.